The summed E-state index contributed by atoms with van der Waals surface area (Å²) >= 11 is 0. The SMILES string of the molecule is NCCCNC(=O)c1cccc(-c2cccc(CN(CCc3ccc(O)cc3)C(=O)CCCc3ccccc3)c2)c1.O=C(O)C(F)(F)F. The van der Waals surface area contributed by atoms with Gasteiger partial charge in [0.15, 0.2) is 0 Å². The second-order valence-corrected chi connectivity index (χ2v) is 11.1. The van der Waals surface area contributed by atoms with E-state index in [0.717, 1.165) is 41.5 Å². The molecule has 254 valence electrons. The lowest BCUT2D eigenvalue weighted by Gasteiger charge is -2.23. The first-order valence-corrected chi connectivity index (χ1v) is 15.5. The Morgan fingerprint density at radius 3 is 2.00 bits per heavy atom. The molecule has 4 aromatic rings. The predicted molar refractivity (Wildman–Crippen MR) is 178 cm³/mol. The minimum absolute atomic E-state index is 0.113. The van der Waals surface area contributed by atoms with Crippen molar-refractivity contribution in [3.63, 3.8) is 0 Å². The van der Waals surface area contributed by atoms with Crippen molar-refractivity contribution in [1.82, 2.24) is 10.2 Å². The molecule has 5 N–H and O–H groups in total. The van der Waals surface area contributed by atoms with Crippen molar-refractivity contribution in [2.24, 2.45) is 5.73 Å². The lowest BCUT2D eigenvalue weighted by Crippen LogP contribution is -2.32. The molecule has 4 aromatic carbocycles. The average molecular weight is 664 g/mol. The zero-order chi connectivity index (χ0) is 34.9. The monoisotopic (exact) mass is 663 g/mol. The van der Waals surface area contributed by atoms with Gasteiger partial charge in [0.1, 0.15) is 5.75 Å². The highest BCUT2D eigenvalue weighted by Gasteiger charge is 2.38. The van der Waals surface area contributed by atoms with Gasteiger partial charge in [0.2, 0.25) is 5.91 Å². The second-order valence-electron chi connectivity index (χ2n) is 11.1. The molecule has 0 heterocycles. The maximum atomic E-state index is 13.4. The quantitative estimate of drug-likeness (QED) is 0.116. The summed E-state index contributed by atoms with van der Waals surface area (Å²) in [5.74, 6) is -2.51. The molecule has 0 spiro atoms. The molecule has 0 saturated carbocycles. The number of aliphatic carboxylic acids is 1. The Hall–Kier alpha value is -5.16. The van der Waals surface area contributed by atoms with Crippen LogP contribution in [0.25, 0.3) is 11.1 Å². The number of carbonyl (C=O) groups excluding carboxylic acids is 2. The topological polar surface area (TPSA) is 133 Å². The Balaban J connectivity index is 0.000000804. The molecule has 0 saturated heterocycles. The van der Waals surface area contributed by atoms with Gasteiger partial charge >= 0.3 is 12.1 Å². The first kappa shape index (κ1) is 37.3. The van der Waals surface area contributed by atoms with Gasteiger partial charge in [0, 0.05) is 31.6 Å². The van der Waals surface area contributed by atoms with E-state index in [2.05, 4.69) is 23.5 Å². The molecule has 0 atom stereocenters. The van der Waals surface area contributed by atoms with E-state index in [4.69, 9.17) is 15.6 Å². The van der Waals surface area contributed by atoms with Gasteiger partial charge in [-0.25, -0.2) is 4.79 Å². The fourth-order valence-electron chi connectivity index (χ4n) is 4.78. The number of nitrogens with one attached hydrogen (secondary N) is 1. The van der Waals surface area contributed by atoms with E-state index < -0.39 is 12.1 Å². The van der Waals surface area contributed by atoms with Crippen LogP contribution in [0.4, 0.5) is 13.2 Å². The number of phenolic OH excluding ortho intramolecular Hbond substituents is 1. The second kappa shape index (κ2) is 18.9. The number of aryl methyl sites for hydroxylation is 1. The molecule has 0 aromatic heterocycles. The van der Waals surface area contributed by atoms with Crippen molar-refractivity contribution in [1.29, 1.82) is 0 Å². The average Bonchev–Trinajstić information content (AvgIpc) is 3.08. The van der Waals surface area contributed by atoms with Gasteiger partial charge in [0.05, 0.1) is 0 Å². The number of hydrogen-bond acceptors (Lipinski definition) is 5. The Kier molecular flexibility index (Phi) is 14.7. The lowest BCUT2D eigenvalue weighted by atomic mass is 10.0. The number of alkyl halides is 3. The maximum Gasteiger partial charge on any atom is 0.490 e. The fraction of sp³-hybridized carbons (Fsp3) is 0.270. The van der Waals surface area contributed by atoms with Crippen LogP contribution in [0.5, 0.6) is 5.75 Å². The number of carboxylic acids is 1. The van der Waals surface area contributed by atoms with Crippen LogP contribution in [0.3, 0.4) is 0 Å². The van der Waals surface area contributed by atoms with E-state index in [0.29, 0.717) is 44.6 Å². The first-order valence-electron chi connectivity index (χ1n) is 15.5. The molecule has 0 aliphatic rings. The summed E-state index contributed by atoms with van der Waals surface area (Å²) in [6.07, 6.45) is -1.51. The lowest BCUT2D eigenvalue weighted by molar-refractivity contribution is -0.192. The number of hydrogen-bond donors (Lipinski definition) is 4. The summed E-state index contributed by atoms with van der Waals surface area (Å²) in [5, 5.41) is 19.7. The molecular formula is C37H40F3N3O5. The van der Waals surface area contributed by atoms with E-state index in [1.54, 1.807) is 12.1 Å². The number of nitrogens with zero attached hydrogens (tertiary/aromatic N) is 1. The summed E-state index contributed by atoms with van der Waals surface area (Å²) in [6.45, 7) is 2.16. The molecule has 48 heavy (non-hydrogen) atoms. The Morgan fingerprint density at radius 1 is 0.750 bits per heavy atom. The fourth-order valence-corrected chi connectivity index (χ4v) is 4.78. The Labute approximate surface area is 278 Å². The smallest absolute Gasteiger partial charge is 0.490 e. The van der Waals surface area contributed by atoms with Gasteiger partial charge in [-0.1, -0.05) is 72.8 Å². The number of carboxylic acid groups (broad SMARTS) is 1. The summed E-state index contributed by atoms with van der Waals surface area (Å²) < 4.78 is 31.7. The third-order valence-corrected chi connectivity index (χ3v) is 7.33. The largest absolute Gasteiger partial charge is 0.508 e. The molecule has 0 aliphatic carbocycles. The van der Waals surface area contributed by atoms with E-state index in [9.17, 15) is 27.9 Å². The van der Waals surface area contributed by atoms with Gasteiger partial charge in [-0.2, -0.15) is 13.2 Å². The minimum atomic E-state index is -5.08. The molecule has 8 nitrogen and oxygen atoms in total. The zero-order valence-corrected chi connectivity index (χ0v) is 26.5. The van der Waals surface area contributed by atoms with Crippen molar-refractivity contribution < 1.29 is 37.8 Å². The zero-order valence-electron chi connectivity index (χ0n) is 26.5. The van der Waals surface area contributed by atoms with E-state index in [1.165, 1.54) is 5.56 Å². The molecule has 4 rings (SSSR count). The van der Waals surface area contributed by atoms with Crippen molar-refractivity contribution in [3.8, 4) is 16.9 Å². The van der Waals surface area contributed by atoms with Crippen LogP contribution < -0.4 is 11.1 Å². The number of aromatic hydroxyl groups is 1. The number of rotatable bonds is 14. The number of halogens is 3. The Morgan fingerprint density at radius 2 is 1.35 bits per heavy atom. The van der Waals surface area contributed by atoms with Gasteiger partial charge < -0.3 is 26.2 Å². The van der Waals surface area contributed by atoms with Crippen LogP contribution in [0.1, 0.15) is 46.3 Å². The minimum Gasteiger partial charge on any atom is -0.508 e. The summed E-state index contributed by atoms with van der Waals surface area (Å²) in [4.78, 5) is 36.8. The van der Waals surface area contributed by atoms with Gasteiger partial charge in [0.25, 0.3) is 5.91 Å². The molecule has 11 heteroatoms. The number of nitrogens with two attached hydrogens (primary N) is 1. The number of phenols is 1. The molecule has 0 aliphatic heterocycles. The third-order valence-electron chi connectivity index (χ3n) is 7.33. The highest BCUT2D eigenvalue weighted by atomic mass is 19.4. The van der Waals surface area contributed by atoms with Crippen molar-refractivity contribution in [3.05, 3.63) is 125 Å². The van der Waals surface area contributed by atoms with Gasteiger partial charge in [-0.3, -0.25) is 9.59 Å². The van der Waals surface area contributed by atoms with Crippen molar-refractivity contribution >= 4 is 17.8 Å². The number of amides is 2. The highest BCUT2D eigenvalue weighted by molar-refractivity contribution is 5.95. The summed E-state index contributed by atoms with van der Waals surface area (Å²) in [7, 11) is 0. The van der Waals surface area contributed by atoms with Crippen molar-refractivity contribution in [2.75, 3.05) is 19.6 Å². The molecule has 0 bridgehead atoms. The first-order chi connectivity index (χ1) is 23.0. The van der Waals surface area contributed by atoms with Gasteiger partial charge in [-0.05, 0) is 90.4 Å². The van der Waals surface area contributed by atoms with E-state index >= 15 is 0 Å². The molecular weight excluding hydrogens is 623 g/mol. The van der Waals surface area contributed by atoms with E-state index in [-0.39, 0.29) is 17.6 Å². The number of carbonyl (C=O) groups is 3. The van der Waals surface area contributed by atoms with Crippen molar-refractivity contribution in [2.45, 2.75) is 44.8 Å². The maximum absolute atomic E-state index is 13.4. The van der Waals surface area contributed by atoms with Crippen LogP contribution >= 0.6 is 0 Å². The van der Waals surface area contributed by atoms with Gasteiger partial charge in [-0.15, -0.1) is 0 Å². The standard InChI is InChI=1S/C35H39N3O3.C2HF3O2/c36-21-7-22-37-35(41)32-14-6-13-31(25-32)30-12-4-11-29(24-30)26-38(23-20-28-16-18-33(39)19-17-28)34(40)15-5-10-27-8-2-1-3-9-27;3-2(4,5)1(6)7/h1-4,6,8-9,11-14,16-19,24-25,39H,5,7,10,15,20-23,26,36H2,(H,37,41);(H,6,7). The van der Waals surface area contributed by atoms with E-state index in [1.807, 2.05) is 77.7 Å². The molecule has 0 fully saturated rings. The van der Waals surface area contributed by atoms with Crippen LogP contribution in [0.2, 0.25) is 0 Å². The summed E-state index contributed by atoms with van der Waals surface area (Å²) in [5.41, 5.74) is 11.4. The third kappa shape index (κ3) is 12.9. The Bertz CT molecular complexity index is 1610. The van der Waals surface area contributed by atoms with Crippen LogP contribution in [0.15, 0.2) is 103 Å². The highest BCUT2D eigenvalue weighted by Crippen LogP contribution is 2.23. The van der Waals surface area contributed by atoms with Crippen LogP contribution in [-0.2, 0) is 29.0 Å². The predicted octanol–water partition coefficient (Wildman–Crippen LogP) is 6.37. The van der Waals surface area contributed by atoms with Crippen LogP contribution in [0, 0.1) is 0 Å². The summed E-state index contributed by atoms with van der Waals surface area (Å²) in [6, 6.07) is 33.1. The molecule has 0 radical (unpaired) electrons. The molecule has 2 amide bonds. The number of benzene rings is 4. The normalized spacial score (nSPS) is 10.8. The molecule has 0 unspecified atom stereocenters. The van der Waals surface area contributed by atoms with Crippen LogP contribution in [-0.4, -0.2) is 58.7 Å².